The molecule has 0 aliphatic carbocycles. The first kappa shape index (κ1) is 18.1. The number of nitrogens with zero attached hydrogens (tertiary/aromatic N) is 2. The first-order chi connectivity index (χ1) is 13.5. The van der Waals surface area contributed by atoms with Crippen molar-refractivity contribution in [2.24, 2.45) is 0 Å². The molecule has 2 aromatic heterocycles. The Bertz CT molecular complexity index is 1210. The first-order valence-corrected chi connectivity index (χ1v) is 9.80. The summed E-state index contributed by atoms with van der Waals surface area (Å²) in [4.78, 5) is 28.5. The third kappa shape index (κ3) is 3.73. The summed E-state index contributed by atoms with van der Waals surface area (Å²) >= 11 is 1.40. The normalized spacial score (nSPS) is 10.9. The van der Waals surface area contributed by atoms with Gasteiger partial charge in [0.1, 0.15) is 6.54 Å². The van der Waals surface area contributed by atoms with Crippen molar-refractivity contribution in [2.45, 2.75) is 20.4 Å². The van der Waals surface area contributed by atoms with Crippen LogP contribution in [0.5, 0.6) is 0 Å². The van der Waals surface area contributed by atoms with Crippen LogP contribution in [-0.4, -0.2) is 15.5 Å². The highest BCUT2D eigenvalue weighted by Gasteiger charge is 2.11. The number of rotatable bonds is 4. The number of anilines is 1. The van der Waals surface area contributed by atoms with Crippen molar-refractivity contribution in [3.8, 4) is 11.3 Å². The smallest absolute Gasteiger partial charge is 0.246 e. The largest absolute Gasteiger partial charge is 0.340 e. The Morgan fingerprint density at radius 2 is 1.75 bits per heavy atom. The van der Waals surface area contributed by atoms with Crippen LogP contribution in [-0.2, 0) is 11.3 Å². The molecule has 140 valence electrons. The van der Waals surface area contributed by atoms with E-state index in [0.29, 0.717) is 5.13 Å². The van der Waals surface area contributed by atoms with Crippen LogP contribution in [0.25, 0.3) is 22.0 Å². The molecule has 28 heavy (non-hydrogen) atoms. The molecule has 0 aliphatic heterocycles. The van der Waals surface area contributed by atoms with Crippen LogP contribution in [0.15, 0.2) is 64.8 Å². The molecule has 0 aliphatic rings. The summed E-state index contributed by atoms with van der Waals surface area (Å²) in [6.45, 7) is 3.79. The lowest BCUT2D eigenvalue weighted by molar-refractivity contribution is -0.116. The van der Waals surface area contributed by atoms with E-state index in [-0.39, 0.29) is 17.9 Å². The number of fused-ring (bicyclic) bond motifs is 1. The van der Waals surface area contributed by atoms with E-state index in [0.717, 1.165) is 28.0 Å². The van der Waals surface area contributed by atoms with Gasteiger partial charge in [-0.2, -0.15) is 0 Å². The fourth-order valence-electron chi connectivity index (χ4n) is 3.25. The Morgan fingerprint density at radius 1 is 1.04 bits per heavy atom. The van der Waals surface area contributed by atoms with Gasteiger partial charge in [0.15, 0.2) is 10.6 Å². The molecule has 0 bridgehead atoms. The molecular formula is C22H19N3O2S. The third-order valence-corrected chi connectivity index (χ3v) is 5.41. The Morgan fingerprint density at radius 3 is 2.50 bits per heavy atom. The highest BCUT2D eigenvalue weighted by atomic mass is 32.1. The number of carbonyl (C=O) groups excluding carboxylic acids is 1. The van der Waals surface area contributed by atoms with Crippen LogP contribution in [0.4, 0.5) is 5.13 Å². The Balaban J connectivity index is 1.51. The summed E-state index contributed by atoms with van der Waals surface area (Å²) in [5.41, 5.74) is 3.32. The van der Waals surface area contributed by atoms with E-state index in [1.165, 1.54) is 28.9 Å². The fraction of sp³-hybridized carbons (Fsp3) is 0.136. The lowest BCUT2D eigenvalue weighted by Crippen LogP contribution is -2.23. The van der Waals surface area contributed by atoms with Crippen molar-refractivity contribution in [3.63, 3.8) is 0 Å². The van der Waals surface area contributed by atoms with Gasteiger partial charge in [0, 0.05) is 34.5 Å². The topological polar surface area (TPSA) is 64.0 Å². The monoisotopic (exact) mass is 389 g/mol. The lowest BCUT2D eigenvalue weighted by atomic mass is 10.1. The molecule has 0 unspecified atom stereocenters. The average molecular weight is 389 g/mol. The number of thiazole rings is 1. The molecule has 0 saturated heterocycles. The van der Waals surface area contributed by atoms with Gasteiger partial charge in [-0.05, 0) is 30.7 Å². The summed E-state index contributed by atoms with van der Waals surface area (Å²) in [6, 6.07) is 17.5. The first-order valence-electron chi connectivity index (χ1n) is 8.92. The van der Waals surface area contributed by atoms with Crippen LogP contribution in [0, 0.1) is 13.8 Å². The molecule has 0 atom stereocenters. The predicted octanol–water partition coefficient (Wildman–Crippen LogP) is 4.38. The lowest BCUT2D eigenvalue weighted by Gasteiger charge is -2.13. The maximum atomic E-state index is 12.4. The SMILES string of the molecule is Cc1cc(=O)cc(C)n1CC(=O)Nc1nc(-c2ccc3ccccc3c2)cs1. The number of hydrogen-bond donors (Lipinski definition) is 1. The second-order valence-corrected chi connectivity index (χ2v) is 7.57. The van der Waals surface area contributed by atoms with Crippen molar-refractivity contribution >= 4 is 33.1 Å². The molecule has 5 nitrogen and oxygen atoms in total. The fourth-order valence-corrected chi connectivity index (χ4v) is 3.99. The second kappa shape index (κ2) is 7.40. The van der Waals surface area contributed by atoms with Gasteiger partial charge in [-0.25, -0.2) is 4.98 Å². The number of pyridine rings is 1. The van der Waals surface area contributed by atoms with Crippen LogP contribution in [0.1, 0.15) is 11.4 Å². The summed E-state index contributed by atoms with van der Waals surface area (Å²) in [6.07, 6.45) is 0. The maximum absolute atomic E-state index is 12.4. The van der Waals surface area contributed by atoms with Gasteiger partial charge in [0.05, 0.1) is 5.69 Å². The Hall–Kier alpha value is -3.25. The average Bonchev–Trinajstić information content (AvgIpc) is 3.12. The summed E-state index contributed by atoms with van der Waals surface area (Å²) in [5, 5.41) is 7.69. The van der Waals surface area contributed by atoms with Gasteiger partial charge < -0.3 is 9.88 Å². The van der Waals surface area contributed by atoms with Crippen molar-refractivity contribution in [2.75, 3.05) is 5.32 Å². The third-order valence-electron chi connectivity index (χ3n) is 4.65. The van der Waals surface area contributed by atoms with Crippen molar-refractivity contribution in [1.29, 1.82) is 0 Å². The van der Waals surface area contributed by atoms with Crippen LogP contribution < -0.4 is 10.7 Å². The molecule has 2 heterocycles. The molecule has 0 radical (unpaired) electrons. The van der Waals surface area contributed by atoms with Gasteiger partial charge in [0.25, 0.3) is 0 Å². The maximum Gasteiger partial charge on any atom is 0.246 e. The number of nitrogens with one attached hydrogen (secondary N) is 1. The molecule has 0 fully saturated rings. The number of benzene rings is 2. The number of aromatic nitrogens is 2. The summed E-state index contributed by atoms with van der Waals surface area (Å²) in [5.74, 6) is -0.172. The summed E-state index contributed by atoms with van der Waals surface area (Å²) in [7, 11) is 0. The minimum atomic E-state index is -0.172. The van der Waals surface area contributed by atoms with E-state index in [1.807, 2.05) is 42.0 Å². The van der Waals surface area contributed by atoms with E-state index in [4.69, 9.17) is 0 Å². The number of aryl methyl sites for hydroxylation is 2. The van der Waals surface area contributed by atoms with E-state index in [2.05, 4.69) is 34.6 Å². The van der Waals surface area contributed by atoms with Gasteiger partial charge in [0.2, 0.25) is 5.91 Å². The van der Waals surface area contributed by atoms with Crippen molar-refractivity contribution in [1.82, 2.24) is 9.55 Å². The van der Waals surface area contributed by atoms with Crippen LogP contribution >= 0.6 is 11.3 Å². The Kier molecular flexibility index (Phi) is 4.79. The minimum Gasteiger partial charge on any atom is -0.340 e. The number of hydrogen-bond acceptors (Lipinski definition) is 4. The van der Waals surface area contributed by atoms with Crippen LogP contribution in [0.3, 0.4) is 0 Å². The van der Waals surface area contributed by atoms with Crippen molar-refractivity contribution in [3.05, 3.63) is 81.6 Å². The second-order valence-electron chi connectivity index (χ2n) is 6.71. The Labute approximate surface area is 166 Å². The zero-order valence-corrected chi connectivity index (χ0v) is 16.4. The van der Waals surface area contributed by atoms with E-state index in [9.17, 15) is 9.59 Å². The molecule has 1 amide bonds. The highest BCUT2D eigenvalue weighted by Crippen LogP contribution is 2.27. The van der Waals surface area contributed by atoms with Gasteiger partial charge in [-0.3, -0.25) is 9.59 Å². The van der Waals surface area contributed by atoms with E-state index < -0.39 is 0 Å². The minimum absolute atomic E-state index is 0.0494. The molecule has 4 aromatic rings. The number of amides is 1. The predicted molar refractivity (Wildman–Crippen MR) is 114 cm³/mol. The highest BCUT2D eigenvalue weighted by molar-refractivity contribution is 7.14. The van der Waals surface area contributed by atoms with Crippen LogP contribution in [0.2, 0.25) is 0 Å². The van der Waals surface area contributed by atoms with Gasteiger partial charge in [-0.15, -0.1) is 11.3 Å². The van der Waals surface area contributed by atoms with Gasteiger partial charge in [-0.1, -0.05) is 36.4 Å². The molecule has 0 saturated carbocycles. The van der Waals surface area contributed by atoms with E-state index >= 15 is 0 Å². The molecule has 6 heteroatoms. The van der Waals surface area contributed by atoms with Crippen molar-refractivity contribution < 1.29 is 4.79 Å². The zero-order valence-electron chi connectivity index (χ0n) is 15.6. The molecular weight excluding hydrogens is 370 g/mol. The quantitative estimate of drug-likeness (QED) is 0.563. The zero-order chi connectivity index (χ0) is 19.7. The molecule has 2 aromatic carbocycles. The number of carbonyl (C=O) groups is 1. The molecule has 0 spiro atoms. The van der Waals surface area contributed by atoms with Gasteiger partial charge >= 0.3 is 0 Å². The molecule has 4 rings (SSSR count). The van der Waals surface area contributed by atoms with E-state index in [1.54, 1.807) is 0 Å². The molecule has 1 N–H and O–H groups in total. The summed E-state index contributed by atoms with van der Waals surface area (Å²) < 4.78 is 1.81. The standard InChI is InChI=1S/C22H19N3O2S/c1-14-9-19(26)10-15(2)25(14)12-21(27)24-22-23-20(13-28-22)18-8-7-16-5-3-4-6-17(16)11-18/h3-11,13H,12H2,1-2H3,(H,23,24,27).